The highest BCUT2D eigenvalue weighted by atomic mass is 16.5. The summed E-state index contributed by atoms with van der Waals surface area (Å²) in [6.07, 6.45) is 0. The molecule has 0 amide bonds. The second-order valence-corrected chi connectivity index (χ2v) is 6.33. The Morgan fingerprint density at radius 1 is 1.35 bits per heavy atom. The molecule has 0 unspecified atom stereocenters. The molecule has 0 atom stereocenters. The van der Waals surface area contributed by atoms with Crippen molar-refractivity contribution in [2.45, 2.75) is 26.0 Å². The molecular formula is C17H28N4O2. The second kappa shape index (κ2) is 8.29. The van der Waals surface area contributed by atoms with E-state index in [1.54, 1.807) is 7.11 Å². The summed E-state index contributed by atoms with van der Waals surface area (Å²) in [5, 5.41) is 3.18. The first kappa shape index (κ1) is 17.7. The first-order valence-electron chi connectivity index (χ1n) is 7.99. The van der Waals surface area contributed by atoms with Crippen LogP contribution in [0.5, 0.6) is 0 Å². The van der Waals surface area contributed by atoms with Crippen LogP contribution < -0.4 is 11.1 Å². The highest BCUT2D eigenvalue weighted by molar-refractivity contribution is 5.93. The van der Waals surface area contributed by atoms with Crippen LogP contribution in [0.2, 0.25) is 0 Å². The van der Waals surface area contributed by atoms with Crippen LogP contribution in [0.25, 0.3) is 0 Å². The van der Waals surface area contributed by atoms with Gasteiger partial charge in [0.25, 0.3) is 0 Å². The molecule has 6 nitrogen and oxygen atoms in total. The molecule has 1 fully saturated rings. The predicted octanol–water partition coefficient (Wildman–Crippen LogP) is 1.67. The molecule has 0 bridgehead atoms. The summed E-state index contributed by atoms with van der Waals surface area (Å²) >= 11 is 0. The molecule has 1 aromatic carbocycles. The van der Waals surface area contributed by atoms with E-state index in [4.69, 9.17) is 15.2 Å². The largest absolute Gasteiger partial charge is 0.380 e. The van der Waals surface area contributed by atoms with E-state index in [9.17, 15) is 0 Å². The molecule has 1 aromatic rings. The molecule has 0 radical (unpaired) electrons. The molecule has 0 aliphatic carbocycles. The summed E-state index contributed by atoms with van der Waals surface area (Å²) in [5.41, 5.74) is 8.01. The van der Waals surface area contributed by atoms with E-state index < -0.39 is 0 Å². The summed E-state index contributed by atoms with van der Waals surface area (Å²) in [5.74, 6) is 0.426. The third-order valence-corrected chi connectivity index (χ3v) is 4.08. The average Bonchev–Trinajstić information content (AvgIpc) is 2.56. The maximum absolute atomic E-state index is 6.06. The van der Waals surface area contributed by atoms with Gasteiger partial charge in [-0.25, -0.2) is 0 Å². The minimum Gasteiger partial charge on any atom is -0.380 e. The maximum atomic E-state index is 6.06. The summed E-state index contributed by atoms with van der Waals surface area (Å²) in [6, 6.07) is 7.93. The number of hydrogen-bond acceptors (Lipinski definition) is 4. The molecule has 0 spiro atoms. The number of anilines is 1. The van der Waals surface area contributed by atoms with E-state index in [1.807, 2.05) is 24.3 Å². The highest BCUT2D eigenvalue weighted by Crippen LogP contribution is 2.18. The number of ether oxygens (including phenoxy) is 2. The van der Waals surface area contributed by atoms with Crippen LogP contribution >= 0.6 is 0 Å². The number of nitrogens with zero attached hydrogens (tertiary/aromatic N) is 2. The zero-order chi connectivity index (χ0) is 16.7. The van der Waals surface area contributed by atoms with Crippen molar-refractivity contribution in [2.75, 3.05) is 45.3 Å². The van der Waals surface area contributed by atoms with E-state index in [1.165, 1.54) is 0 Å². The van der Waals surface area contributed by atoms with Crippen molar-refractivity contribution in [1.82, 2.24) is 4.90 Å². The van der Waals surface area contributed by atoms with Crippen molar-refractivity contribution in [3.05, 3.63) is 29.8 Å². The minimum absolute atomic E-state index is 0.0396. The van der Waals surface area contributed by atoms with E-state index in [-0.39, 0.29) is 5.54 Å². The van der Waals surface area contributed by atoms with Crippen molar-refractivity contribution in [1.29, 1.82) is 0 Å². The van der Waals surface area contributed by atoms with E-state index in [0.29, 0.717) is 19.1 Å². The monoisotopic (exact) mass is 320 g/mol. The average molecular weight is 320 g/mol. The van der Waals surface area contributed by atoms with Gasteiger partial charge in [-0.05, 0) is 19.9 Å². The van der Waals surface area contributed by atoms with Gasteiger partial charge in [0.05, 0.1) is 26.4 Å². The Labute approximate surface area is 138 Å². The number of guanidine groups is 1. The fourth-order valence-electron chi connectivity index (χ4n) is 2.65. The zero-order valence-electron chi connectivity index (χ0n) is 14.3. The van der Waals surface area contributed by atoms with Crippen LogP contribution in [0.1, 0.15) is 19.4 Å². The van der Waals surface area contributed by atoms with E-state index >= 15 is 0 Å². The lowest BCUT2D eigenvalue weighted by Gasteiger charge is -2.39. The number of rotatable bonds is 6. The molecule has 2 rings (SSSR count). The number of nitrogens with one attached hydrogen (secondary N) is 1. The maximum Gasteiger partial charge on any atom is 0.193 e. The molecule has 3 N–H and O–H groups in total. The van der Waals surface area contributed by atoms with Gasteiger partial charge in [-0.1, -0.05) is 18.2 Å². The first-order chi connectivity index (χ1) is 11.0. The molecule has 128 valence electrons. The van der Waals surface area contributed by atoms with Gasteiger partial charge in [0.1, 0.15) is 0 Å². The number of methoxy groups -OCH3 is 1. The third-order valence-electron chi connectivity index (χ3n) is 4.08. The Bertz CT molecular complexity index is 525. The lowest BCUT2D eigenvalue weighted by atomic mass is 10.0. The number of para-hydroxylation sites is 1. The fourth-order valence-corrected chi connectivity index (χ4v) is 2.65. The van der Waals surface area contributed by atoms with E-state index in [0.717, 1.165) is 37.6 Å². The molecule has 1 heterocycles. The Morgan fingerprint density at radius 2 is 2.04 bits per heavy atom. The van der Waals surface area contributed by atoms with Gasteiger partial charge in [0.15, 0.2) is 5.96 Å². The summed E-state index contributed by atoms with van der Waals surface area (Å²) in [7, 11) is 1.68. The molecule has 0 saturated carbocycles. The van der Waals surface area contributed by atoms with Crippen molar-refractivity contribution in [3.63, 3.8) is 0 Å². The van der Waals surface area contributed by atoms with Crippen molar-refractivity contribution in [2.24, 2.45) is 10.7 Å². The van der Waals surface area contributed by atoms with Gasteiger partial charge in [-0.15, -0.1) is 0 Å². The normalized spacial score (nSPS) is 17.3. The third kappa shape index (κ3) is 5.20. The molecule has 1 aliphatic heterocycles. The van der Waals surface area contributed by atoms with Crippen LogP contribution in [0, 0.1) is 0 Å². The summed E-state index contributed by atoms with van der Waals surface area (Å²) < 4.78 is 10.6. The minimum atomic E-state index is -0.0396. The van der Waals surface area contributed by atoms with Crippen molar-refractivity contribution >= 4 is 11.6 Å². The smallest absolute Gasteiger partial charge is 0.193 e. The van der Waals surface area contributed by atoms with Gasteiger partial charge in [0, 0.05) is 37.0 Å². The molecule has 1 aliphatic rings. The Hall–Kier alpha value is -1.63. The first-order valence-corrected chi connectivity index (χ1v) is 7.99. The quantitative estimate of drug-likeness (QED) is 0.616. The number of morpholine rings is 1. The molecule has 23 heavy (non-hydrogen) atoms. The second-order valence-electron chi connectivity index (χ2n) is 6.33. The fraction of sp³-hybridized carbons (Fsp3) is 0.588. The standard InChI is InChI=1S/C17H28N4O2/c1-17(2,21-8-10-23-11-9-21)13-19-16(18)20-15-7-5-4-6-14(15)12-22-3/h4-7H,8-13H2,1-3H3,(H3,18,19,20). The van der Waals surface area contributed by atoms with Gasteiger partial charge in [0.2, 0.25) is 0 Å². The van der Waals surface area contributed by atoms with Crippen LogP contribution in [0.3, 0.4) is 0 Å². The lowest BCUT2D eigenvalue weighted by molar-refractivity contribution is -0.00680. The van der Waals surface area contributed by atoms with Crippen molar-refractivity contribution in [3.8, 4) is 0 Å². The number of aliphatic imine (C=N–C) groups is 1. The molecule has 1 saturated heterocycles. The molecule has 0 aromatic heterocycles. The number of nitrogens with two attached hydrogens (primary N) is 1. The van der Waals surface area contributed by atoms with Gasteiger partial charge in [-0.3, -0.25) is 9.89 Å². The van der Waals surface area contributed by atoms with Gasteiger partial charge >= 0.3 is 0 Å². The zero-order valence-corrected chi connectivity index (χ0v) is 14.3. The molecular weight excluding hydrogens is 292 g/mol. The van der Waals surface area contributed by atoms with Crippen LogP contribution in [-0.2, 0) is 16.1 Å². The van der Waals surface area contributed by atoms with Gasteiger partial charge in [-0.2, -0.15) is 0 Å². The number of benzene rings is 1. The number of hydrogen-bond donors (Lipinski definition) is 2. The summed E-state index contributed by atoms with van der Waals surface area (Å²) in [4.78, 5) is 6.92. The Morgan fingerprint density at radius 3 is 2.74 bits per heavy atom. The predicted molar refractivity (Wildman–Crippen MR) is 93.7 cm³/mol. The van der Waals surface area contributed by atoms with Crippen LogP contribution in [-0.4, -0.2) is 56.4 Å². The van der Waals surface area contributed by atoms with Crippen molar-refractivity contribution < 1.29 is 9.47 Å². The Balaban J connectivity index is 1.97. The molecule has 6 heteroatoms. The topological polar surface area (TPSA) is 72.1 Å². The van der Waals surface area contributed by atoms with E-state index in [2.05, 4.69) is 29.1 Å². The van der Waals surface area contributed by atoms with Crippen LogP contribution in [0.15, 0.2) is 29.3 Å². The van der Waals surface area contributed by atoms with Gasteiger partial charge < -0.3 is 20.5 Å². The highest BCUT2D eigenvalue weighted by Gasteiger charge is 2.27. The van der Waals surface area contributed by atoms with Crippen LogP contribution in [0.4, 0.5) is 5.69 Å². The SMILES string of the molecule is COCc1ccccc1NC(N)=NCC(C)(C)N1CCOCC1. The summed E-state index contributed by atoms with van der Waals surface area (Å²) in [6.45, 7) is 8.99. The Kier molecular flexibility index (Phi) is 6.38. The lowest BCUT2D eigenvalue weighted by Crippen LogP contribution is -2.51.